The second-order valence-corrected chi connectivity index (χ2v) is 8.49. The molecule has 1 aliphatic heterocycles. The molecule has 0 radical (unpaired) electrons. The largest absolute Gasteiger partial charge is 0.382 e. The lowest BCUT2D eigenvalue weighted by atomic mass is 9.75. The molecule has 1 amide bonds. The van der Waals surface area contributed by atoms with Crippen molar-refractivity contribution in [3.8, 4) is 0 Å². The van der Waals surface area contributed by atoms with Crippen LogP contribution in [0.25, 0.3) is 11.3 Å². The number of anilines is 1. The number of para-hydroxylation sites is 1. The summed E-state index contributed by atoms with van der Waals surface area (Å²) in [6.07, 6.45) is 0. The van der Waals surface area contributed by atoms with Crippen molar-refractivity contribution in [1.82, 2.24) is 5.32 Å². The van der Waals surface area contributed by atoms with E-state index in [2.05, 4.69) is 41.0 Å². The highest BCUT2D eigenvalue weighted by Crippen LogP contribution is 2.48. The van der Waals surface area contributed by atoms with E-state index in [1.54, 1.807) is 11.3 Å². The van der Waals surface area contributed by atoms with Gasteiger partial charge in [-0.05, 0) is 34.7 Å². The number of carbonyl (C=O) groups is 1. The molecule has 3 nitrogen and oxygen atoms in total. The van der Waals surface area contributed by atoms with Gasteiger partial charge in [0.2, 0.25) is 5.91 Å². The van der Waals surface area contributed by atoms with E-state index in [-0.39, 0.29) is 5.91 Å². The number of nitrogens with one attached hydrogen (secondary N) is 2. The normalized spacial score (nSPS) is 17.9. The van der Waals surface area contributed by atoms with E-state index in [1.807, 2.05) is 78.2 Å². The zero-order chi connectivity index (χ0) is 21.1. The molecule has 0 bridgehead atoms. The number of thiophene rings is 1. The molecule has 1 aromatic heterocycles. The molecule has 0 saturated carbocycles. The number of rotatable bonds is 5. The van der Waals surface area contributed by atoms with Gasteiger partial charge in [0.15, 0.2) is 0 Å². The summed E-state index contributed by atoms with van der Waals surface area (Å²) in [7, 11) is 0. The Morgan fingerprint density at radius 3 is 2.00 bits per heavy atom. The second-order valence-electron chi connectivity index (χ2n) is 7.54. The fourth-order valence-electron chi connectivity index (χ4n) is 4.25. The molecule has 4 heteroatoms. The van der Waals surface area contributed by atoms with Gasteiger partial charge in [0.1, 0.15) is 5.41 Å². The number of carbonyl (C=O) groups excluding carboxylic acids is 1. The van der Waals surface area contributed by atoms with Crippen LogP contribution in [0, 0.1) is 0 Å². The molecule has 2 heterocycles. The third-order valence-corrected chi connectivity index (χ3v) is 6.72. The van der Waals surface area contributed by atoms with Crippen LogP contribution in [-0.2, 0) is 10.2 Å². The number of hydrogen-bond acceptors (Lipinski definition) is 3. The van der Waals surface area contributed by atoms with Crippen LogP contribution >= 0.6 is 11.3 Å². The minimum atomic E-state index is -0.837. The van der Waals surface area contributed by atoms with E-state index in [0.29, 0.717) is 6.54 Å². The fraction of sp³-hybridized carbons (Fsp3) is 0.0741. The first-order valence-electron chi connectivity index (χ1n) is 10.3. The van der Waals surface area contributed by atoms with Crippen molar-refractivity contribution in [1.29, 1.82) is 0 Å². The first kappa shape index (κ1) is 19.3. The van der Waals surface area contributed by atoms with Gasteiger partial charge in [0, 0.05) is 28.4 Å². The van der Waals surface area contributed by atoms with Crippen molar-refractivity contribution in [2.24, 2.45) is 0 Å². The third kappa shape index (κ3) is 3.45. The molecule has 3 aromatic carbocycles. The Morgan fingerprint density at radius 2 is 1.39 bits per heavy atom. The van der Waals surface area contributed by atoms with Gasteiger partial charge in [-0.25, -0.2) is 0 Å². The molecule has 1 unspecified atom stereocenters. The third-order valence-electron chi connectivity index (χ3n) is 5.69. The zero-order valence-electron chi connectivity index (χ0n) is 16.9. The van der Waals surface area contributed by atoms with Crippen molar-refractivity contribution in [3.05, 3.63) is 125 Å². The summed E-state index contributed by atoms with van der Waals surface area (Å²) < 4.78 is 0. The first-order chi connectivity index (χ1) is 15.3. The molecule has 0 spiro atoms. The summed E-state index contributed by atoms with van der Waals surface area (Å²) in [5, 5.41) is 8.81. The summed E-state index contributed by atoms with van der Waals surface area (Å²) in [4.78, 5) is 15.0. The van der Waals surface area contributed by atoms with Crippen molar-refractivity contribution in [2.75, 3.05) is 11.9 Å². The fourth-order valence-corrected chi connectivity index (χ4v) is 5.18. The van der Waals surface area contributed by atoms with Crippen LogP contribution in [0.2, 0.25) is 0 Å². The van der Waals surface area contributed by atoms with Crippen LogP contribution in [-0.4, -0.2) is 12.5 Å². The maximum Gasteiger partial charge on any atom is 0.242 e. The van der Waals surface area contributed by atoms with Gasteiger partial charge < -0.3 is 10.6 Å². The average molecular weight is 423 g/mol. The number of amides is 1. The van der Waals surface area contributed by atoms with Crippen LogP contribution in [0.5, 0.6) is 0 Å². The number of benzene rings is 3. The highest BCUT2D eigenvalue weighted by Gasteiger charge is 2.50. The lowest BCUT2D eigenvalue weighted by molar-refractivity contribution is -0.119. The van der Waals surface area contributed by atoms with E-state index in [1.165, 1.54) is 0 Å². The van der Waals surface area contributed by atoms with E-state index in [0.717, 1.165) is 33.0 Å². The predicted molar refractivity (Wildman–Crippen MR) is 129 cm³/mol. The smallest absolute Gasteiger partial charge is 0.242 e. The summed E-state index contributed by atoms with van der Waals surface area (Å²) in [6, 6.07) is 34.2. The van der Waals surface area contributed by atoms with E-state index < -0.39 is 5.41 Å². The highest BCUT2D eigenvalue weighted by molar-refractivity contribution is 7.10. The van der Waals surface area contributed by atoms with Gasteiger partial charge in [-0.3, -0.25) is 4.79 Å². The Kier molecular flexibility index (Phi) is 5.14. The maximum atomic E-state index is 14.0. The maximum absolute atomic E-state index is 14.0. The standard InChI is InChI=1S/C27H22N2OS/c30-26(29-22-15-8-3-9-16-22)27(23-17-10-18-31-23)19-28-25(21-13-6-2-7-14-21)24(27)20-11-4-1-5-12-20/h1-18,28H,19H2,(H,29,30). The Bertz CT molecular complexity index is 1200. The SMILES string of the molecule is O=C(Nc1ccccc1)C1(c2cccs2)CNC(c2ccccc2)=C1c1ccccc1. The molecule has 0 saturated heterocycles. The molecule has 152 valence electrons. The van der Waals surface area contributed by atoms with Crippen LogP contribution < -0.4 is 10.6 Å². The molecule has 0 fully saturated rings. The van der Waals surface area contributed by atoms with Crippen LogP contribution in [0.1, 0.15) is 16.0 Å². The molecular formula is C27H22N2OS. The van der Waals surface area contributed by atoms with Crippen LogP contribution in [0.15, 0.2) is 109 Å². The van der Waals surface area contributed by atoms with Crippen LogP contribution in [0.4, 0.5) is 5.69 Å². The molecule has 1 atom stereocenters. The molecule has 2 N–H and O–H groups in total. The van der Waals surface area contributed by atoms with Gasteiger partial charge in [0.05, 0.1) is 0 Å². The van der Waals surface area contributed by atoms with E-state index >= 15 is 0 Å². The summed E-state index contributed by atoms with van der Waals surface area (Å²) in [5.41, 5.74) is 4.09. The summed E-state index contributed by atoms with van der Waals surface area (Å²) in [5.74, 6) is -0.0292. The minimum absolute atomic E-state index is 0.0292. The van der Waals surface area contributed by atoms with Crippen molar-refractivity contribution < 1.29 is 4.79 Å². The Balaban J connectivity index is 1.73. The van der Waals surface area contributed by atoms with Crippen LogP contribution in [0.3, 0.4) is 0 Å². The average Bonchev–Trinajstić information content (AvgIpc) is 3.50. The van der Waals surface area contributed by atoms with Crippen molar-refractivity contribution >= 4 is 34.2 Å². The zero-order valence-corrected chi connectivity index (χ0v) is 17.7. The first-order valence-corrected chi connectivity index (χ1v) is 11.2. The molecule has 31 heavy (non-hydrogen) atoms. The lowest BCUT2D eigenvalue weighted by Gasteiger charge is -2.30. The van der Waals surface area contributed by atoms with Crippen molar-refractivity contribution in [2.45, 2.75) is 5.41 Å². The summed E-state index contributed by atoms with van der Waals surface area (Å²) in [6.45, 7) is 0.501. The van der Waals surface area contributed by atoms with Gasteiger partial charge in [-0.1, -0.05) is 84.9 Å². The molecule has 0 aliphatic carbocycles. The topological polar surface area (TPSA) is 41.1 Å². The molecule has 5 rings (SSSR count). The van der Waals surface area contributed by atoms with Gasteiger partial charge >= 0.3 is 0 Å². The summed E-state index contributed by atoms with van der Waals surface area (Å²) >= 11 is 1.62. The minimum Gasteiger partial charge on any atom is -0.382 e. The van der Waals surface area contributed by atoms with Gasteiger partial charge in [-0.15, -0.1) is 11.3 Å². The van der Waals surface area contributed by atoms with Crippen molar-refractivity contribution in [3.63, 3.8) is 0 Å². The quantitative estimate of drug-likeness (QED) is 0.427. The highest BCUT2D eigenvalue weighted by atomic mass is 32.1. The molecule has 1 aliphatic rings. The number of hydrogen-bond donors (Lipinski definition) is 2. The lowest BCUT2D eigenvalue weighted by Crippen LogP contribution is -2.43. The predicted octanol–water partition coefficient (Wildman–Crippen LogP) is 5.80. The van der Waals surface area contributed by atoms with Gasteiger partial charge in [0.25, 0.3) is 0 Å². The van der Waals surface area contributed by atoms with E-state index in [4.69, 9.17) is 0 Å². The Morgan fingerprint density at radius 1 is 0.774 bits per heavy atom. The monoisotopic (exact) mass is 422 g/mol. The Hall–Kier alpha value is -3.63. The van der Waals surface area contributed by atoms with Gasteiger partial charge in [-0.2, -0.15) is 0 Å². The molecule has 4 aromatic rings. The Labute approximate surface area is 186 Å². The van der Waals surface area contributed by atoms with E-state index in [9.17, 15) is 4.79 Å². The second kappa shape index (κ2) is 8.25. The molecular weight excluding hydrogens is 400 g/mol.